The topological polar surface area (TPSA) is 82.0 Å². The smallest absolute Gasteiger partial charge is 0.170 e. The first-order chi connectivity index (χ1) is 17.3. The zero-order valence-corrected chi connectivity index (χ0v) is 24.8. The molecule has 0 saturated heterocycles. The Labute approximate surface area is 227 Å². The van der Waals surface area contributed by atoms with Crippen molar-refractivity contribution in [3.05, 3.63) is 76.0 Å². The van der Waals surface area contributed by atoms with E-state index in [-0.39, 0.29) is 18.2 Å². The lowest BCUT2D eigenvalue weighted by Crippen LogP contribution is -2.41. The summed E-state index contributed by atoms with van der Waals surface area (Å²) in [5.41, 5.74) is 2.89. The van der Waals surface area contributed by atoms with Crippen LogP contribution in [-0.4, -0.2) is 27.2 Å². The van der Waals surface area contributed by atoms with Crippen molar-refractivity contribution in [3.8, 4) is 11.3 Å². The number of aromatic nitrogens is 2. The molecule has 0 radical (unpaired) electrons. The van der Waals surface area contributed by atoms with Crippen LogP contribution >= 0.6 is 15.9 Å². The Bertz CT molecular complexity index is 1490. The van der Waals surface area contributed by atoms with Gasteiger partial charge in [-0.2, -0.15) is 0 Å². The van der Waals surface area contributed by atoms with Crippen molar-refractivity contribution in [2.24, 2.45) is 5.14 Å². The molecule has 5 nitrogen and oxygen atoms in total. The van der Waals surface area contributed by atoms with Gasteiger partial charge in [0, 0.05) is 17.0 Å². The van der Waals surface area contributed by atoms with Crippen molar-refractivity contribution in [1.82, 2.24) is 10.1 Å². The minimum atomic E-state index is -1.99. The van der Waals surface area contributed by atoms with Gasteiger partial charge in [-0.3, -0.25) is 5.14 Å². The maximum atomic E-state index is 15.8. The first kappa shape index (κ1) is 27.8. The van der Waals surface area contributed by atoms with Crippen molar-refractivity contribution in [3.63, 3.8) is 0 Å². The summed E-state index contributed by atoms with van der Waals surface area (Å²) < 4.78 is 47.3. The molecule has 4 rings (SSSR count). The first-order valence-electron chi connectivity index (χ1n) is 11.9. The molecule has 1 unspecified atom stereocenters. The molecule has 2 aromatic heterocycles. The van der Waals surface area contributed by atoms with Crippen LogP contribution in [0.15, 0.2) is 57.7 Å². The van der Waals surface area contributed by atoms with E-state index in [1.54, 1.807) is 12.1 Å². The van der Waals surface area contributed by atoms with Gasteiger partial charge in [-0.25, -0.2) is 18.0 Å². The Kier molecular flexibility index (Phi) is 7.86. The Morgan fingerprint density at radius 1 is 1.14 bits per heavy atom. The van der Waals surface area contributed by atoms with E-state index in [0.717, 1.165) is 11.1 Å². The van der Waals surface area contributed by atoms with Crippen LogP contribution in [0.4, 0.5) is 8.78 Å². The minimum Gasteiger partial charge on any atom is -0.356 e. The van der Waals surface area contributed by atoms with Crippen molar-refractivity contribution in [1.29, 1.82) is 0 Å². The Hall–Kier alpha value is -2.27. The second-order valence-electron chi connectivity index (χ2n) is 10.9. The van der Waals surface area contributed by atoms with E-state index in [2.05, 4.69) is 45.7 Å². The van der Waals surface area contributed by atoms with E-state index in [1.807, 2.05) is 38.1 Å². The van der Waals surface area contributed by atoms with Gasteiger partial charge in [-0.1, -0.05) is 49.1 Å². The normalized spacial score (nSPS) is 14.2. The molecular formula is C27H30BrF2N3O2SSi. The largest absolute Gasteiger partial charge is 0.356 e. The average Bonchev–Trinajstić information content (AvgIpc) is 3.22. The van der Waals surface area contributed by atoms with E-state index in [9.17, 15) is 8.60 Å². The molecule has 0 bridgehead atoms. The molecule has 37 heavy (non-hydrogen) atoms. The molecule has 0 spiro atoms. The van der Waals surface area contributed by atoms with Gasteiger partial charge >= 0.3 is 0 Å². The van der Waals surface area contributed by atoms with Crippen LogP contribution in [-0.2, 0) is 17.4 Å². The third-order valence-corrected chi connectivity index (χ3v) is 10.3. The molecule has 196 valence electrons. The van der Waals surface area contributed by atoms with Crippen LogP contribution in [0.5, 0.6) is 0 Å². The highest BCUT2D eigenvalue weighted by Gasteiger charge is 2.33. The molecule has 10 heteroatoms. The van der Waals surface area contributed by atoms with Crippen molar-refractivity contribution < 1.29 is 17.5 Å². The highest BCUT2D eigenvalue weighted by atomic mass is 79.9. The van der Waals surface area contributed by atoms with Crippen LogP contribution in [0.25, 0.3) is 22.2 Å². The van der Waals surface area contributed by atoms with Crippen molar-refractivity contribution in [2.75, 3.05) is 0 Å². The zero-order chi connectivity index (χ0) is 27.1. The molecule has 2 N–H and O–H groups in total. The van der Waals surface area contributed by atoms with Crippen LogP contribution < -0.4 is 10.3 Å². The molecule has 0 aliphatic carbocycles. The monoisotopic (exact) mass is 605 g/mol. The number of hydrogen-bond donors (Lipinski definition) is 1. The number of nitrogens with two attached hydrogens (primary N) is 1. The summed E-state index contributed by atoms with van der Waals surface area (Å²) in [6.07, 6.45) is 0.679. The van der Waals surface area contributed by atoms with Crippen molar-refractivity contribution >= 4 is 51.1 Å². The Morgan fingerprint density at radius 2 is 1.84 bits per heavy atom. The minimum absolute atomic E-state index is 0.269. The maximum absolute atomic E-state index is 15.8. The van der Waals surface area contributed by atoms with Crippen molar-refractivity contribution in [2.45, 2.75) is 57.0 Å². The fourth-order valence-corrected chi connectivity index (χ4v) is 7.00. The highest BCUT2D eigenvalue weighted by Crippen LogP contribution is 2.39. The predicted octanol–water partition coefficient (Wildman–Crippen LogP) is 6.59. The van der Waals surface area contributed by atoms with Gasteiger partial charge in [0.15, 0.2) is 5.58 Å². The van der Waals surface area contributed by atoms with Gasteiger partial charge in [0.1, 0.15) is 21.9 Å². The molecule has 4 aromatic rings. The number of rotatable bonds is 8. The van der Waals surface area contributed by atoms with Gasteiger partial charge < -0.3 is 4.52 Å². The van der Waals surface area contributed by atoms with Gasteiger partial charge in [0.25, 0.3) is 0 Å². The summed E-state index contributed by atoms with van der Waals surface area (Å²) >= 11 is 3.47. The Morgan fingerprint density at radius 3 is 2.51 bits per heavy atom. The van der Waals surface area contributed by atoms with E-state index >= 15 is 4.39 Å². The molecule has 0 saturated carbocycles. The van der Waals surface area contributed by atoms with Crippen LogP contribution in [0, 0.1) is 11.6 Å². The van der Waals surface area contributed by atoms with E-state index in [4.69, 9.17) is 9.66 Å². The Balaban J connectivity index is 1.88. The van der Waals surface area contributed by atoms with E-state index in [1.165, 1.54) is 12.1 Å². The molecule has 2 heterocycles. The third kappa shape index (κ3) is 5.92. The van der Waals surface area contributed by atoms with Crippen LogP contribution in [0.1, 0.15) is 37.4 Å². The molecule has 0 fully saturated rings. The molecule has 0 amide bonds. The summed E-state index contributed by atoms with van der Waals surface area (Å²) in [5, 5.41) is 11.5. The number of hydrogen-bond acceptors (Lipinski definition) is 4. The summed E-state index contributed by atoms with van der Waals surface area (Å²) in [4.78, 5) is 4.52. The summed E-state index contributed by atoms with van der Waals surface area (Å²) in [7, 11) is -3.61. The van der Waals surface area contributed by atoms with Gasteiger partial charge in [0.05, 0.1) is 29.5 Å². The average molecular weight is 607 g/mol. The fourth-order valence-electron chi connectivity index (χ4n) is 4.60. The lowest BCUT2D eigenvalue weighted by Gasteiger charge is -2.29. The van der Waals surface area contributed by atoms with Crippen LogP contribution in [0.2, 0.25) is 19.6 Å². The number of benzene rings is 2. The first-order valence-corrected chi connectivity index (χ1v) is 17.4. The molecule has 2 atom stereocenters. The predicted molar refractivity (Wildman–Crippen MR) is 152 cm³/mol. The summed E-state index contributed by atoms with van der Waals surface area (Å²) in [5.74, 6) is -1.00. The quantitative estimate of drug-likeness (QED) is 0.181. The second-order valence-corrected chi connectivity index (χ2v) is 18.5. The van der Waals surface area contributed by atoms with E-state index < -0.39 is 29.6 Å². The number of nitrogens with zero attached hydrogens (tertiary/aromatic N) is 2. The lowest BCUT2D eigenvalue weighted by molar-refractivity contribution is 0.457. The molecule has 0 aliphatic rings. The van der Waals surface area contributed by atoms with Gasteiger partial charge in [-0.15, -0.1) is 0 Å². The number of fused-ring (bicyclic) bond motifs is 1. The summed E-state index contributed by atoms with van der Waals surface area (Å²) in [6.45, 7) is 9.95. The number of halogens is 3. The van der Waals surface area contributed by atoms with Crippen LogP contribution in [0.3, 0.4) is 0 Å². The second kappa shape index (κ2) is 10.5. The maximum Gasteiger partial charge on any atom is 0.170 e. The van der Waals surface area contributed by atoms with Gasteiger partial charge in [0.2, 0.25) is 0 Å². The SMILES string of the molecule is CC(C)(C[C@H](Cc1nc(Br)cc([Si](C)(C)C)c1F)c1ccccc1-c1noc2cc(F)ccc12)S(N)=O. The summed E-state index contributed by atoms with van der Waals surface area (Å²) in [6, 6.07) is 13.7. The highest BCUT2D eigenvalue weighted by molar-refractivity contribution is 9.10. The lowest BCUT2D eigenvalue weighted by atomic mass is 9.83. The molecular weight excluding hydrogens is 576 g/mol. The number of pyridine rings is 1. The molecule has 0 aliphatic heterocycles. The third-order valence-electron chi connectivity index (χ3n) is 6.62. The van der Waals surface area contributed by atoms with Gasteiger partial charge in [-0.05, 0) is 77.5 Å². The fraction of sp³-hybridized carbons (Fsp3) is 0.333. The molecule has 2 aromatic carbocycles. The standard InChI is InChI=1S/C27H30BrF2N3O2SSi/c1-27(2,36(31)34)15-16(12-21-25(30)23(37(3,4)5)14-24(28)32-21)18-8-6-7-9-19(18)26-20-11-10-17(29)13-22(20)35-33-26/h6-11,13-14,16H,12,15,31H2,1-5H3/t16-,36?/m0/s1. The van der Waals surface area contributed by atoms with E-state index in [0.29, 0.717) is 38.6 Å². The zero-order valence-electron chi connectivity index (χ0n) is 21.4.